The fraction of sp³-hybridized carbons (Fsp3) is 0.273. The molecule has 80 valence electrons. The molecule has 1 aromatic rings. The predicted molar refractivity (Wildman–Crippen MR) is 60.0 cm³/mol. The van der Waals surface area contributed by atoms with Gasteiger partial charge in [-0.25, -0.2) is 0 Å². The number of carbonyl (C=O) groups is 2. The molecule has 0 aliphatic heterocycles. The van der Waals surface area contributed by atoms with Gasteiger partial charge in [0.2, 0.25) is 5.91 Å². The largest absolute Gasteiger partial charge is 0.326 e. The van der Waals surface area contributed by atoms with Crippen molar-refractivity contribution in [1.82, 2.24) is 0 Å². The highest BCUT2D eigenvalue weighted by Gasteiger charge is 2.12. The fourth-order valence-electron chi connectivity index (χ4n) is 1.17. The van der Waals surface area contributed by atoms with E-state index in [9.17, 15) is 9.59 Å². The number of alkyl halides is 1. The molecule has 1 rings (SSSR count). The monoisotopic (exact) mass is 225 g/mol. The molecule has 4 heteroatoms. The van der Waals surface area contributed by atoms with E-state index < -0.39 is 5.38 Å². The molecule has 0 heterocycles. The van der Waals surface area contributed by atoms with Crippen LogP contribution in [0.25, 0.3) is 0 Å². The number of carbonyl (C=O) groups excluding carboxylic acids is 2. The van der Waals surface area contributed by atoms with Crippen LogP contribution in [-0.4, -0.2) is 11.7 Å². The SMILES string of the molecule is CC(=O)Nc1ccc(C(Cl)C(C)=O)cc1. The number of hydrogen-bond acceptors (Lipinski definition) is 2. The van der Waals surface area contributed by atoms with Crippen molar-refractivity contribution < 1.29 is 9.59 Å². The minimum atomic E-state index is -0.614. The van der Waals surface area contributed by atoms with E-state index in [2.05, 4.69) is 5.32 Å². The maximum absolute atomic E-state index is 11.0. The molecule has 3 nitrogen and oxygen atoms in total. The van der Waals surface area contributed by atoms with Crippen LogP contribution in [-0.2, 0) is 9.59 Å². The zero-order valence-corrected chi connectivity index (χ0v) is 9.34. The van der Waals surface area contributed by atoms with E-state index in [1.807, 2.05) is 0 Å². The van der Waals surface area contributed by atoms with E-state index >= 15 is 0 Å². The number of halogens is 1. The Bertz CT molecular complexity index is 373. The van der Waals surface area contributed by atoms with Crippen molar-refractivity contribution in [3.8, 4) is 0 Å². The predicted octanol–water partition coefficient (Wildman–Crippen LogP) is 2.51. The Labute approximate surface area is 93.4 Å². The standard InChI is InChI=1S/C11H12ClNO2/c1-7(14)11(12)9-3-5-10(6-4-9)13-8(2)15/h3-6,11H,1-2H3,(H,13,15). The number of hydrogen-bond donors (Lipinski definition) is 1. The lowest BCUT2D eigenvalue weighted by Gasteiger charge is -2.07. The van der Waals surface area contributed by atoms with Crippen LogP contribution in [0.2, 0.25) is 0 Å². The lowest BCUT2D eigenvalue weighted by molar-refractivity contribution is -0.117. The zero-order chi connectivity index (χ0) is 11.4. The van der Waals surface area contributed by atoms with E-state index in [0.29, 0.717) is 5.69 Å². The van der Waals surface area contributed by atoms with E-state index in [-0.39, 0.29) is 11.7 Å². The van der Waals surface area contributed by atoms with Crippen molar-refractivity contribution >= 4 is 29.0 Å². The highest BCUT2D eigenvalue weighted by molar-refractivity contribution is 6.30. The molecule has 0 fully saturated rings. The van der Waals surface area contributed by atoms with E-state index in [0.717, 1.165) is 5.56 Å². The van der Waals surface area contributed by atoms with Gasteiger partial charge < -0.3 is 5.32 Å². The van der Waals surface area contributed by atoms with E-state index in [4.69, 9.17) is 11.6 Å². The number of rotatable bonds is 3. The van der Waals surface area contributed by atoms with Gasteiger partial charge >= 0.3 is 0 Å². The molecule has 0 aliphatic rings. The molecule has 0 spiro atoms. The summed E-state index contributed by atoms with van der Waals surface area (Å²) in [5.74, 6) is -0.222. The summed E-state index contributed by atoms with van der Waals surface area (Å²) < 4.78 is 0. The molecule has 0 aliphatic carbocycles. The Morgan fingerprint density at radius 2 is 1.73 bits per heavy atom. The van der Waals surface area contributed by atoms with Gasteiger partial charge in [-0.05, 0) is 24.6 Å². The van der Waals surface area contributed by atoms with Crippen LogP contribution in [0.5, 0.6) is 0 Å². The summed E-state index contributed by atoms with van der Waals surface area (Å²) in [4.78, 5) is 21.8. The first-order valence-electron chi connectivity index (χ1n) is 4.53. The summed E-state index contributed by atoms with van der Waals surface area (Å²) in [6, 6.07) is 6.89. The maximum Gasteiger partial charge on any atom is 0.221 e. The summed E-state index contributed by atoms with van der Waals surface area (Å²) in [7, 11) is 0. The van der Waals surface area contributed by atoms with Crippen LogP contribution in [0.4, 0.5) is 5.69 Å². The second-order valence-electron chi connectivity index (χ2n) is 3.28. The molecule has 1 amide bonds. The number of Topliss-reactive ketones (excluding diaryl/α,β-unsaturated/α-hetero) is 1. The van der Waals surface area contributed by atoms with Crippen LogP contribution in [0, 0.1) is 0 Å². The van der Waals surface area contributed by atoms with Crippen molar-refractivity contribution in [1.29, 1.82) is 0 Å². The average Bonchev–Trinajstić information content (AvgIpc) is 2.17. The van der Waals surface area contributed by atoms with Crippen LogP contribution in [0.3, 0.4) is 0 Å². The van der Waals surface area contributed by atoms with E-state index in [1.165, 1.54) is 13.8 Å². The lowest BCUT2D eigenvalue weighted by Crippen LogP contribution is -2.06. The summed E-state index contributed by atoms with van der Waals surface area (Å²) in [5, 5.41) is 2.02. The molecule has 0 aromatic heterocycles. The Morgan fingerprint density at radius 3 is 2.13 bits per heavy atom. The van der Waals surface area contributed by atoms with Crippen molar-refractivity contribution in [2.24, 2.45) is 0 Å². The third-order valence-electron chi connectivity index (χ3n) is 1.88. The highest BCUT2D eigenvalue weighted by Crippen LogP contribution is 2.22. The second kappa shape index (κ2) is 4.94. The summed E-state index contributed by atoms with van der Waals surface area (Å²) in [5.41, 5.74) is 1.43. The molecule has 1 unspecified atom stereocenters. The Hall–Kier alpha value is -1.35. The van der Waals surface area contributed by atoms with Gasteiger partial charge in [0.05, 0.1) is 0 Å². The van der Waals surface area contributed by atoms with Crippen molar-refractivity contribution in [3.63, 3.8) is 0 Å². The van der Waals surface area contributed by atoms with Crippen molar-refractivity contribution in [2.45, 2.75) is 19.2 Å². The number of anilines is 1. The molecular weight excluding hydrogens is 214 g/mol. The molecule has 0 saturated heterocycles. The average molecular weight is 226 g/mol. The van der Waals surface area contributed by atoms with Crippen molar-refractivity contribution in [2.75, 3.05) is 5.32 Å². The number of benzene rings is 1. The number of amides is 1. The van der Waals surface area contributed by atoms with Crippen LogP contribution >= 0.6 is 11.6 Å². The quantitative estimate of drug-likeness (QED) is 0.804. The van der Waals surface area contributed by atoms with Gasteiger partial charge in [-0.1, -0.05) is 12.1 Å². The minimum Gasteiger partial charge on any atom is -0.326 e. The fourth-order valence-corrected chi connectivity index (χ4v) is 1.32. The van der Waals surface area contributed by atoms with Gasteiger partial charge in [-0.15, -0.1) is 11.6 Å². The van der Waals surface area contributed by atoms with Gasteiger partial charge in [-0.3, -0.25) is 9.59 Å². The molecule has 0 saturated carbocycles. The summed E-state index contributed by atoms with van der Waals surface area (Å²) >= 11 is 5.86. The van der Waals surface area contributed by atoms with E-state index in [1.54, 1.807) is 24.3 Å². The van der Waals surface area contributed by atoms with Crippen LogP contribution < -0.4 is 5.32 Å². The Kier molecular flexibility index (Phi) is 3.86. The lowest BCUT2D eigenvalue weighted by atomic mass is 10.1. The molecule has 1 N–H and O–H groups in total. The summed E-state index contributed by atoms with van der Waals surface area (Å²) in [6.07, 6.45) is 0. The number of ketones is 1. The molecule has 1 aromatic carbocycles. The summed E-state index contributed by atoms with van der Waals surface area (Å²) in [6.45, 7) is 2.88. The second-order valence-corrected chi connectivity index (χ2v) is 3.71. The van der Waals surface area contributed by atoms with Crippen LogP contribution in [0.1, 0.15) is 24.8 Å². The number of nitrogens with one attached hydrogen (secondary N) is 1. The Morgan fingerprint density at radius 1 is 1.20 bits per heavy atom. The maximum atomic E-state index is 11.0. The first-order chi connectivity index (χ1) is 7.00. The molecule has 0 bridgehead atoms. The van der Waals surface area contributed by atoms with Gasteiger partial charge in [0.1, 0.15) is 5.38 Å². The molecule has 15 heavy (non-hydrogen) atoms. The van der Waals surface area contributed by atoms with Gasteiger partial charge in [-0.2, -0.15) is 0 Å². The van der Waals surface area contributed by atoms with Gasteiger partial charge in [0.25, 0.3) is 0 Å². The van der Waals surface area contributed by atoms with Crippen LogP contribution in [0.15, 0.2) is 24.3 Å². The molecular formula is C11H12ClNO2. The van der Waals surface area contributed by atoms with Gasteiger partial charge in [0.15, 0.2) is 5.78 Å². The first-order valence-corrected chi connectivity index (χ1v) is 4.96. The normalized spacial score (nSPS) is 11.9. The Balaban J connectivity index is 2.80. The third-order valence-corrected chi connectivity index (χ3v) is 2.44. The topological polar surface area (TPSA) is 46.2 Å². The smallest absolute Gasteiger partial charge is 0.221 e. The third kappa shape index (κ3) is 3.36. The van der Waals surface area contributed by atoms with Crippen molar-refractivity contribution in [3.05, 3.63) is 29.8 Å². The van der Waals surface area contributed by atoms with Gasteiger partial charge in [0, 0.05) is 12.6 Å². The zero-order valence-electron chi connectivity index (χ0n) is 8.58. The molecule has 1 atom stereocenters. The molecule has 0 radical (unpaired) electrons. The highest BCUT2D eigenvalue weighted by atomic mass is 35.5. The first kappa shape index (κ1) is 11.7. The minimum absolute atomic E-state index is 0.0936.